The van der Waals surface area contributed by atoms with Gasteiger partial charge in [0.15, 0.2) is 5.54 Å². The largest absolute Gasteiger partial charge is 0.497 e. The highest BCUT2D eigenvalue weighted by Gasteiger charge is 2.56. The number of nitrogens with one attached hydrogen (secondary N) is 3. The molecule has 25 heavy (non-hydrogen) atoms. The van der Waals surface area contributed by atoms with Crippen LogP contribution in [0, 0.1) is 5.92 Å². The third-order valence-electron chi connectivity index (χ3n) is 5.37. The second-order valence-electron chi connectivity index (χ2n) is 6.50. The number of rotatable bonds is 3. The van der Waals surface area contributed by atoms with E-state index >= 15 is 0 Å². The monoisotopic (exact) mass is 343 g/mol. The third-order valence-corrected chi connectivity index (χ3v) is 5.37. The Bertz CT molecular complexity index is 859. The lowest BCUT2D eigenvalue weighted by atomic mass is 9.75. The first-order chi connectivity index (χ1) is 12.1. The van der Waals surface area contributed by atoms with Gasteiger partial charge in [-0.1, -0.05) is 0 Å². The minimum Gasteiger partial charge on any atom is -0.497 e. The number of carbonyl (C=O) groups is 2. The van der Waals surface area contributed by atoms with Crippen LogP contribution in [-0.2, 0) is 26.3 Å². The SMILES string of the molecule is COC(=O)[C@]1([C@H]2CCNC2=O)NCCc2c1[nH]c1cc(OC)ccc21. The number of H-pyrrole nitrogens is 1. The molecule has 1 saturated heterocycles. The highest BCUT2D eigenvalue weighted by Crippen LogP contribution is 2.42. The van der Waals surface area contributed by atoms with E-state index in [4.69, 9.17) is 9.47 Å². The predicted octanol–water partition coefficient (Wildman–Crippen LogP) is 0.827. The van der Waals surface area contributed by atoms with Crippen LogP contribution in [0.2, 0.25) is 0 Å². The number of carbonyl (C=O) groups excluding carboxylic acids is 2. The number of hydrogen-bond donors (Lipinski definition) is 3. The maximum absolute atomic E-state index is 12.9. The molecule has 1 aromatic heterocycles. The van der Waals surface area contributed by atoms with Crippen molar-refractivity contribution in [3.63, 3.8) is 0 Å². The molecule has 7 nitrogen and oxygen atoms in total. The summed E-state index contributed by atoms with van der Waals surface area (Å²) in [5.74, 6) is -0.328. The minimum absolute atomic E-state index is 0.123. The van der Waals surface area contributed by atoms with Crippen molar-refractivity contribution in [1.29, 1.82) is 0 Å². The maximum atomic E-state index is 12.9. The lowest BCUT2D eigenvalue weighted by Crippen LogP contribution is -2.60. The predicted molar refractivity (Wildman–Crippen MR) is 91.4 cm³/mol. The van der Waals surface area contributed by atoms with Crippen molar-refractivity contribution < 1.29 is 19.1 Å². The molecular weight excluding hydrogens is 322 g/mol. The van der Waals surface area contributed by atoms with Crippen LogP contribution in [0.1, 0.15) is 17.7 Å². The van der Waals surface area contributed by atoms with Gasteiger partial charge in [-0.05, 0) is 30.5 Å². The van der Waals surface area contributed by atoms with Gasteiger partial charge in [0.25, 0.3) is 0 Å². The molecular formula is C18H21N3O4. The number of benzene rings is 1. The lowest BCUT2D eigenvalue weighted by Gasteiger charge is -2.39. The van der Waals surface area contributed by atoms with E-state index in [9.17, 15) is 9.59 Å². The van der Waals surface area contributed by atoms with E-state index in [-0.39, 0.29) is 5.91 Å². The fourth-order valence-electron chi connectivity index (χ4n) is 4.21. The average molecular weight is 343 g/mol. The van der Waals surface area contributed by atoms with Crippen molar-refractivity contribution in [1.82, 2.24) is 15.6 Å². The van der Waals surface area contributed by atoms with Crippen molar-refractivity contribution in [2.45, 2.75) is 18.4 Å². The van der Waals surface area contributed by atoms with E-state index in [1.54, 1.807) is 7.11 Å². The number of aromatic amines is 1. The summed E-state index contributed by atoms with van der Waals surface area (Å²) in [6.07, 6.45) is 1.35. The van der Waals surface area contributed by atoms with Crippen molar-refractivity contribution in [3.8, 4) is 5.75 Å². The molecule has 0 saturated carbocycles. The summed E-state index contributed by atoms with van der Waals surface area (Å²) in [5, 5.41) is 7.18. The lowest BCUT2D eigenvalue weighted by molar-refractivity contribution is -0.155. The first-order valence-electron chi connectivity index (χ1n) is 8.42. The molecule has 132 valence electrons. The molecule has 0 unspecified atom stereocenters. The molecule has 3 heterocycles. The standard InChI is InChI=1S/C18H21N3O4/c1-24-10-3-4-11-12-5-8-20-18(17(23)25-2,13-6-7-19-16(13)22)15(12)21-14(11)9-10/h3-4,9,13,20-21H,5-8H2,1-2H3,(H,19,22)/t13-,18+/m0/s1. The molecule has 0 radical (unpaired) electrons. The molecule has 2 aliphatic heterocycles. The zero-order valence-electron chi connectivity index (χ0n) is 14.3. The summed E-state index contributed by atoms with van der Waals surface area (Å²) >= 11 is 0. The molecule has 1 amide bonds. The van der Waals surface area contributed by atoms with Gasteiger partial charge < -0.3 is 19.8 Å². The van der Waals surface area contributed by atoms with Crippen LogP contribution in [0.4, 0.5) is 0 Å². The summed E-state index contributed by atoms with van der Waals surface area (Å²) < 4.78 is 10.4. The Hall–Kier alpha value is -2.54. The van der Waals surface area contributed by atoms with E-state index in [0.717, 1.165) is 34.3 Å². The highest BCUT2D eigenvalue weighted by atomic mass is 16.5. The topological polar surface area (TPSA) is 92.5 Å². The fourth-order valence-corrected chi connectivity index (χ4v) is 4.21. The molecule has 1 fully saturated rings. The zero-order chi connectivity index (χ0) is 17.6. The van der Waals surface area contributed by atoms with E-state index in [2.05, 4.69) is 15.6 Å². The Morgan fingerprint density at radius 2 is 2.12 bits per heavy atom. The van der Waals surface area contributed by atoms with Gasteiger partial charge in [-0.25, -0.2) is 4.79 Å². The van der Waals surface area contributed by atoms with Crippen molar-refractivity contribution >= 4 is 22.8 Å². The first kappa shape index (κ1) is 16.0. The number of esters is 1. The molecule has 7 heteroatoms. The number of hydrogen-bond acceptors (Lipinski definition) is 5. The van der Waals surface area contributed by atoms with E-state index in [1.165, 1.54) is 7.11 Å². The van der Waals surface area contributed by atoms with Crippen LogP contribution in [0.25, 0.3) is 10.9 Å². The Labute approximate surface area is 145 Å². The Morgan fingerprint density at radius 3 is 2.80 bits per heavy atom. The van der Waals surface area contributed by atoms with Crippen molar-refractivity contribution in [2.75, 3.05) is 27.3 Å². The Kier molecular flexibility index (Phi) is 3.68. The molecule has 2 aliphatic rings. The molecule has 0 aliphatic carbocycles. The summed E-state index contributed by atoms with van der Waals surface area (Å²) in [6.45, 7) is 1.16. The van der Waals surface area contributed by atoms with Gasteiger partial charge in [0.05, 0.1) is 25.8 Å². The molecule has 0 spiro atoms. The van der Waals surface area contributed by atoms with Crippen LogP contribution in [0.15, 0.2) is 18.2 Å². The number of amides is 1. The van der Waals surface area contributed by atoms with Gasteiger partial charge in [0, 0.05) is 30.1 Å². The third kappa shape index (κ3) is 2.15. The summed E-state index contributed by atoms with van der Waals surface area (Å²) in [5.41, 5.74) is 1.49. The van der Waals surface area contributed by atoms with E-state index in [1.807, 2.05) is 18.2 Å². The molecule has 1 aromatic carbocycles. The van der Waals surface area contributed by atoms with Crippen molar-refractivity contribution in [2.24, 2.45) is 5.92 Å². The second-order valence-corrected chi connectivity index (χ2v) is 6.50. The second kappa shape index (κ2) is 5.77. The number of aromatic nitrogens is 1. The number of methoxy groups -OCH3 is 2. The quantitative estimate of drug-likeness (QED) is 0.718. The molecule has 2 aromatic rings. The first-order valence-corrected chi connectivity index (χ1v) is 8.42. The molecule has 4 rings (SSSR count). The molecule has 0 bridgehead atoms. The average Bonchev–Trinajstić information content (AvgIpc) is 3.23. The van der Waals surface area contributed by atoms with Crippen molar-refractivity contribution in [3.05, 3.63) is 29.5 Å². The van der Waals surface area contributed by atoms with Crippen LogP contribution in [-0.4, -0.2) is 44.2 Å². The summed E-state index contributed by atoms with van der Waals surface area (Å²) in [6, 6.07) is 5.80. The van der Waals surface area contributed by atoms with Crippen LogP contribution < -0.4 is 15.4 Å². The zero-order valence-corrected chi connectivity index (χ0v) is 14.3. The van der Waals surface area contributed by atoms with Crippen LogP contribution in [0.3, 0.4) is 0 Å². The Balaban J connectivity index is 1.96. The number of fused-ring (bicyclic) bond motifs is 3. The van der Waals surface area contributed by atoms with Crippen LogP contribution >= 0.6 is 0 Å². The smallest absolute Gasteiger partial charge is 0.333 e. The fraction of sp³-hybridized carbons (Fsp3) is 0.444. The van der Waals surface area contributed by atoms with E-state index < -0.39 is 17.4 Å². The molecule has 3 N–H and O–H groups in total. The normalized spacial score (nSPS) is 25.5. The molecule has 2 atom stereocenters. The summed E-state index contributed by atoms with van der Waals surface area (Å²) in [7, 11) is 2.98. The van der Waals surface area contributed by atoms with Crippen LogP contribution in [0.5, 0.6) is 5.75 Å². The van der Waals surface area contributed by atoms with Gasteiger partial charge in [-0.2, -0.15) is 0 Å². The maximum Gasteiger partial charge on any atom is 0.333 e. The van der Waals surface area contributed by atoms with Gasteiger partial charge in [-0.3, -0.25) is 10.1 Å². The summed E-state index contributed by atoms with van der Waals surface area (Å²) in [4.78, 5) is 28.7. The van der Waals surface area contributed by atoms with Gasteiger partial charge in [0.2, 0.25) is 5.91 Å². The number of ether oxygens (including phenoxy) is 2. The minimum atomic E-state index is -1.19. The highest BCUT2D eigenvalue weighted by molar-refractivity contribution is 5.96. The van der Waals surface area contributed by atoms with Gasteiger partial charge in [0.1, 0.15) is 5.75 Å². The van der Waals surface area contributed by atoms with Gasteiger partial charge in [-0.15, -0.1) is 0 Å². The van der Waals surface area contributed by atoms with Gasteiger partial charge >= 0.3 is 5.97 Å². The van der Waals surface area contributed by atoms with E-state index in [0.29, 0.717) is 19.5 Å². The Morgan fingerprint density at radius 1 is 1.28 bits per heavy atom.